The lowest BCUT2D eigenvalue weighted by atomic mass is 10.2. The third-order valence-electron chi connectivity index (χ3n) is 2.64. The highest BCUT2D eigenvalue weighted by Crippen LogP contribution is 2.18. The van der Waals surface area contributed by atoms with Crippen molar-refractivity contribution in [1.82, 2.24) is 9.88 Å². The summed E-state index contributed by atoms with van der Waals surface area (Å²) in [4.78, 5) is 23.4. The average Bonchev–Trinajstić information content (AvgIpc) is 2.62. The highest BCUT2D eigenvalue weighted by atomic mass is 35.5. The molecule has 19 heavy (non-hydrogen) atoms. The molecule has 0 aliphatic heterocycles. The molecule has 0 radical (unpaired) electrons. The third-order valence-corrected chi connectivity index (χ3v) is 2.87. The van der Waals surface area contributed by atoms with Crippen LogP contribution in [0.5, 0.6) is 0 Å². The minimum Gasteiger partial charge on any atom is -0.408 e. The van der Waals surface area contributed by atoms with Gasteiger partial charge in [-0.3, -0.25) is 9.36 Å². The van der Waals surface area contributed by atoms with E-state index >= 15 is 0 Å². The lowest BCUT2D eigenvalue weighted by Crippen LogP contribution is -2.33. The molecular formula is C13H15ClN2O3. The Morgan fingerprint density at radius 1 is 1.47 bits per heavy atom. The van der Waals surface area contributed by atoms with Crippen LogP contribution in [-0.2, 0) is 11.3 Å². The average molecular weight is 283 g/mol. The van der Waals surface area contributed by atoms with Crippen molar-refractivity contribution < 1.29 is 9.21 Å². The van der Waals surface area contributed by atoms with Crippen molar-refractivity contribution in [2.24, 2.45) is 5.92 Å². The fraction of sp³-hybridized carbons (Fsp3) is 0.385. The van der Waals surface area contributed by atoms with E-state index in [-0.39, 0.29) is 12.5 Å². The first kappa shape index (κ1) is 13.7. The Bertz CT molecular complexity index is 657. The first-order valence-corrected chi connectivity index (χ1v) is 6.40. The van der Waals surface area contributed by atoms with Crippen LogP contribution in [0.25, 0.3) is 11.1 Å². The van der Waals surface area contributed by atoms with Gasteiger partial charge < -0.3 is 9.73 Å². The quantitative estimate of drug-likeness (QED) is 0.933. The van der Waals surface area contributed by atoms with Crippen molar-refractivity contribution in [3.05, 3.63) is 33.8 Å². The van der Waals surface area contributed by atoms with E-state index in [1.165, 1.54) is 4.57 Å². The highest BCUT2D eigenvalue weighted by Gasteiger charge is 2.12. The van der Waals surface area contributed by atoms with Crippen molar-refractivity contribution in [2.75, 3.05) is 6.54 Å². The summed E-state index contributed by atoms with van der Waals surface area (Å²) in [5.41, 5.74) is 0.947. The normalized spacial score (nSPS) is 11.2. The Kier molecular flexibility index (Phi) is 3.95. The lowest BCUT2D eigenvalue weighted by molar-refractivity contribution is -0.121. The van der Waals surface area contributed by atoms with Gasteiger partial charge in [-0.1, -0.05) is 25.4 Å². The summed E-state index contributed by atoms with van der Waals surface area (Å²) in [6.07, 6.45) is 0. The van der Waals surface area contributed by atoms with Gasteiger partial charge in [0.15, 0.2) is 5.58 Å². The van der Waals surface area contributed by atoms with E-state index < -0.39 is 5.76 Å². The Morgan fingerprint density at radius 3 is 2.89 bits per heavy atom. The number of aromatic nitrogens is 1. The Morgan fingerprint density at radius 2 is 2.21 bits per heavy atom. The van der Waals surface area contributed by atoms with Crippen molar-refractivity contribution in [3.63, 3.8) is 0 Å². The first-order chi connectivity index (χ1) is 8.97. The van der Waals surface area contributed by atoms with Crippen LogP contribution in [0.4, 0.5) is 0 Å². The van der Waals surface area contributed by atoms with Crippen LogP contribution in [0.2, 0.25) is 5.02 Å². The number of rotatable bonds is 4. The maximum Gasteiger partial charge on any atom is 0.420 e. The van der Waals surface area contributed by atoms with Crippen LogP contribution < -0.4 is 11.1 Å². The maximum absolute atomic E-state index is 11.7. The van der Waals surface area contributed by atoms with Crippen molar-refractivity contribution in [2.45, 2.75) is 20.4 Å². The van der Waals surface area contributed by atoms with Gasteiger partial charge in [0.25, 0.3) is 0 Å². The van der Waals surface area contributed by atoms with Crippen molar-refractivity contribution in [3.8, 4) is 0 Å². The van der Waals surface area contributed by atoms with Crippen molar-refractivity contribution >= 4 is 28.6 Å². The van der Waals surface area contributed by atoms with E-state index in [2.05, 4.69) is 5.32 Å². The molecule has 0 aliphatic rings. The molecule has 2 aromatic rings. The second kappa shape index (κ2) is 5.48. The third kappa shape index (κ3) is 3.17. The Hall–Kier alpha value is -1.75. The summed E-state index contributed by atoms with van der Waals surface area (Å²) >= 11 is 5.82. The van der Waals surface area contributed by atoms with Crippen molar-refractivity contribution in [1.29, 1.82) is 0 Å². The molecule has 5 nitrogen and oxygen atoms in total. The van der Waals surface area contributed by atoms with E-state index in [1.807, 2.05) is 13.8 Å². The van der Waals surface area contributed by atoms with Gasteiger partial charge in [-0.05, 0) is 18.1 Å². The van der Waals surface area contributed by atoms with Crippen LogP contribution in [0.3, 0.4) is 0 Å². The molecule has 1 heterocycles. The molecule has 1 aromatic carbocycles. The van der Waals surface area contributed by atoms with Gasteiger partial charge in [0.05, 0.1) is 5.52 Å². The summed E-state index contributed by atoms with van der Waals surface area (Å²) in [6.45, 7) is 4.53. The van der Waals surface area contributed by atoms with Gasteiger partial charge in [-0.15, -0.1) is 0 Å². The minimum absolute atomic E-state index is 0.0554. The number of benzene rings is 1. The smallest absolute Gasteiger partial charge is 0.408 e. The number of hydrogen-bond donors (Lipinski definition) is 1. The molecule has 1 amide bonds. The van der Waals surface area contributed by atoms with E-state index in [9.17, 15) is 9.59 Å². The molecule has 1 aromatic heterocycles. The molecule has 0 bridgehead atoms. The summed E-state index contributed by atoms with van der Waals surface area (Å²) in [5.74, 6) is -0.411. The van der Waals surface area contributed by atoms with Crippen LogP contribution in [0.1, 0.15) is 13.8 Å². The molecule has 0 unspecified atom stereocenters. The van der Waals surface area contributed by atoms with Crippen LogP contribution in [-0.4, -0.2) is 17.0 Å². The molecule has 2 rings (SSSR count). The molecule has 102 valence electrons. The predicted molar refractivity (Wildman–Crippen MR) is 73.3 cm³/mol. The highest BCUT2D eigenvalue weighted by molar-refractivity contribution is 6.31. The number of nitrogens with one attached hydrogen (secondary N) is 1. The molecule has 0 aliphatic carbocycles. The summed E-state index contributed by atoms with van der Waals surface area (Å²) in [5, 5.41) is 3.24. The largest absolute Gasteiger partial charge is 0.420 e. The number of amides is 1. The second-order valence-corrected chi connectivity index (χ2v) is 5.20. The van der Waals surface area contributed by atoms with E-state index in [1.54, 1.807) is 18.2 Å². The lowest BCUT2D eigenvalue weighted by Gasteiger charge is -2.07. The van der Waals surface area contributed by atoms with Crippen LogP contribution in [0, 0.1) is 5.92 Å². The summed E-state index contributed by atoms with van der Waals surface area (Å²) in [7, 11) is 0. The topological polar surface area (TPSA) is 64.2 Å². The first-order valence-electron chi connectivity index (χ1n) is 6.03. The predicted octanol–water partition coefficient (Wildman–Crippen LogP) is 2.02. The van der Waals surface area contributed by atoms with E-state index in [4.69, 9.17) is 16.0 Å². The number of fused-ring (bicyclic) bond motifs is 1. The molecule has 0 spiro atoms. The molecular weight excluding hydrogens is 268 g/mol. The zero-order valence-electron chi connectivity index (χ0n) is 10.8. The zero-order valence-corrected chi connectivity index (χ0v) is 11.5. The molecule has 1 N–H and O–H groups in total. The van der Waals surface area contributed by atoms with Gasteiger partial charge in [-0.25, -0.2) is 4.79 Å². The maximum atomic E-state index is 11.7. The van der Waals surface area contributed by atoms with Gasteiger partial charge in [-0.2, -0.15) is 0 Å². The van der Waals surface area contributed by atoms with Gasteiger partial charge in [0.2, 0.25) is 5.91 Å². The number of carbonyl (C=O) groups excluding carboxylic acids is 1. The molecule has 0 fully saturated rings. The molecule has 6 heteroatoms. The molecule has 0 saturated heterocycles. The SMILES string of the molecule is CC(C)CNC(=O)Cn1c(=O)oc2cc(Cl)ccc21. The standard InChI is InChI=1S/C13H15ClN2O3/c1-8(2)6-15-12(17)7-16-10-4-3-9(14)5-11(10)19-13(16)18/h3-5,8H,6-7H2,1-2H3,(H,15,17). The fourth-order valence-electron chi connectivity index (χ4n) is 1.71. The summed E-state index contributed by atoms with van der Waals surface area (Å²) < 4.78 is 6.34. The van der Waals surface area contributed by atoms with E-state index in [0.717, 1.165) is 0 Å². The van der Waals surface area contributed by atoms with Crippen LogP contribution in [0.15, 0.2) is 27.4 Å². The zero-order chi connectivity index (χ0) is 14.0. The number of hydrogen-bond acceptors (Lipinski definition) is 3. The number of halogens is 1. The van der Waals surface area contributed by atoms with Crippen LogP contribution >= 0.6 is 11.6 Å². The minimum atomic E-state index is -0.558. The number of carbonyl (C=O) groups is 1. The monoisotopic (exact) mass is 282 g/mol. The second-order valence-electron chi connectivity index (χ2n) is 4.76. The fourth-order valence-corrected chi connectivity index (χ4v) is 1.87. The van der Waals surface area contributed by atoms with Gasteiger partial charge >= 0.3 is 5.76 Å². The van der Waals surface area contributed by atoms with Gasteiger partial charge in [0.1, 0.15) is 6.54 Å². The molecule has 0 saturated carbocycles. The Labute approximate surface area is 115 Å². The molecule has 0 atom stereocenters. The Balaban J connectivity index is 2.23. The number of oxazole rings is 1. The van der Waals surface area contributed by atoms with E-state index in [0.29, 0.717) is 28.6 Å². The van der Waals surface area contributed by atoms with Gasteiger partial charge in [0, 0.05) is 17.6 Å². The summed E-state index contributed by atoms with van der Waals surface area (Å²) in [6, 6.07) is 4.88. The number of nitrogens with zero attached hydrogens (tertiary/aromatic N) is 1.